The molecule has 11 heteroatoms. The van der Waals surface area contributed by atoms with Crippen LogP contribution < -0.4 is 15.4 Å². The highest BCUT2D eigenvalue weighted by atomic mass is 32.2. The number of hydrogen-bond donors (Lipinski definition) is 2. The Morgan fingerprint density at radius 1 is 1.09 bits per heavy atom. The Bertz CT molecular complexity index is 987. The van der Waals surface area contributed by atoms with Gasteiger partial charge in [-0.25, -0.2) is 9.59 Å². The van der Waals surface area contributed by atoms with Crippen molar-refractivity contribution < 1.29 is 33.4 Å². The smallest absolute Gasteiger partial charge is 0.413 e. The summed E-state index contributed by atoms with van der Waals surface area (Å²) in [7, 11) is 2.71. The van der Waals surface area contributed by atoms with Gasteiger partial charge < -0.3 is 19.5 Å². The number of thioether (sulfide) groups is 1. The summed E-state index contributed by atoms with van der Waals surface area (Å²) in [5, 5.41) is 4.88. The highest BCUT2D eigenvalue weighted by molar-refractivity contribution is 7.99. The van der Waals surface area contributed by atoms with Gasteiger partial charge in [0.05, 0.1) is 26.4 Å². The highest BCUT2D eigenvalue weighted by Gasteiger charge is 2.27. The molecule has 172 valence electrons. The van der Waals surface area contributed by atoms with Crippen LogP contribution in [-0.2, 0) is 14.3 Å². The highest BCUT2D eigenvalue weighted by Crippen LogP contribution is 2.34. The first-order chi connectivity index (χ1) is 15.3. The Morgan fingerprint density at radius 3 is 2.38 bits per heavy atom. The second-order valence-corrected chi connectivity index (χ2v) is 8.44. The van der Waals surface area contributed by atoms with E-state index in [9.17, 15) is 19.2 Å². The summed E-state index contributed by atoms with van der Waals surface area (Å²) in [5.41, 5.74) is 0.317. The number of imide groups is 1. The number of esters is 1. The van der Waals surface area contributed by atoms with E-state index in [-0.39, 0.29) is 34.4 Å². The van der Waals surface area contributed by atoms with Crippen LogP contribution in [0, 0.1) is 6.92 Å². The van der Waals surface area contributed by atoms with E-state index in [1.54, 1.807) is 21.0 Å². The number of methoxy groups -OCH3 is 2. The summed E-state index contributed by atoms with van der Waals surface area (Å²) >= 11 is 2.41. The van der Waals surface area contributed by atoms with Gasteiger partial charge in [-0.3, -0.25) is 14.9 Å². The first-order valence-electron chi connectivity index (χ1n) is 9.57. The number of anilines is 1. The third kappa shape index (κ3) is 6.72. The summed E-state index contributed by atoms with van der Waals surface area (Å²) in [6.45, 7) is 3.36. The molecule has 0 saturated heterocycles. The molecule has 1 aromatic heterocycles. The number of hydrogen-bond acceptors (Lipinski definition) is 9. The first-order valence-corrected chi connectivity index (χ1v) is 11.4. The summed E-state index contributed by atoms with van der Waals surface area (Å²) in [6, 6.07) is 7.45. The lowest BCUT2D eigenvalue weighted by Gasteiger charge is -2.08. The molecule has 0 aliphatic rings. The zero-order valence-corrected chi connectivity index (χ0v) is 19.7. The number of nitrogens with one attached hydrogen (secondary N) is 2. The summed E-state index contributed by atoms with van der Waals surface area (Å²) in [5.74, 6) is -0.497. The maximum atomic E-state index is 12.6. The summed E-state index contributed by atoms with van der Waals surface area (Å²) in [6.07, 6.45) is -0.785. The number of thiophene rings is 1. The molecule has 2 aromatic rings. The Kier molecular flexibility index (Phi) is 9.54. The topological polar surface area (TPSA) is 120 Å². The molecule has 32 heavy (non-hydrogen) atoms. The average Bonchev–Trinajstić information content (AvgIpc) is 3.10. The Hall–Kier alpha value is -3.05. The molecule has 1 aromatic carbocycles. The fourth-order valence-corrected chi connectivity index (χ4v) is 4.56. The van der Waals surface area contributed by atoms with Gasteiger partial charge in [-0.2, -0.15) is 0 Å². The SMILES string of the molecule is CCOC(=O)c1sc(NC(=O)CCSc2ccc(OC)cc2)c(C(=O)NC(=O)OC)c1C. The predicted octanol–water partition coefficient (Wildman–Crippen LogP) is 3.86. The second kappa shape index (κ2) is 12.1. The third-order valence-electron chi connectivity index (χ3n) is 4.15. The molecule has 0 radical (unpaired) electrons. The van der Waals surface area contributed by atoms with Gasteiger partial charge >= 0.3 is 12.1 Å². The minimum Gasteiger partial charge on any atom is -0.497 e. The zero-order chi connectivity index (χ0) is 23.7. The second-order valence-electron chi connectivity index (χ2n) is 6.25. The maximum absolute atomic E-state index is 12.6. The Labute approximate surface area is 193 Å². The van der Waals surface area contributed by atoms with Crippen LogP contribution in [0.4, 0.5) is 9.80 Å². The number of carbonyl (C=O) groups excluding carboxylic acids is 4. The fourth-order valence-electron chi connectivity index (χ4n) is 2.60. The van der Waals surface area contributed by atoms with E-state index in [0.717, 1.165) is 29.1 Å². The normalized spacial score (nSPS) is 10.2. The van der Waals surface area contributed by atoms with Crippen molar-refractivity contribution >= 4 is 52.0 Å². The van der Waals surface area contributed by atoms with E-state index in [1.807, 2.05) is 29.6 Å². The van der Waals surface area contributed by atoms with Crippen molar-refractivity contribution in [3.8, 4) is 5.75 Å². The molecule has 0 spiro atoms. The van der Waals surface area contributed by atoms with Crippen LogP contribution in [0.3, 0.4) is 0 Å². The fraction of sp³-hybridized carbons (Fsp3) is 0.333. The largest absolute Gasteiger partial charge is 0.497 e. The van der Waals surface area contributed by atoms with Crippen molar-refractivity contribution in [3.05, 3.63) is 40.3 Å². The molecule has 0 fully saturated rings. The van der Waals surface area contributed by atoms with Crippen LogP contribution in [0.5, 0.6) is 5.75 Å². The van der Waals surface area contributed by atoms with Gasteiger partial charge in [-0.05, 0) is 43.7 Å². The minimum atomic E-state index is -0.952. The third-order valence-corrected chi connectivity index (χ3v) is 6.35. The van der Waals surface area contributed by atoms with Crippen molar-refractivity contribution in [2.45, 2.75) is 25.2 Å². The van der Waals surface area contributed by atoms with E-state index < -0.39 is 18.0 Å². The van der Waals surface area contributed by atoms with Gasteiger partial charge in [0.1, 0.15) is 15.6 Å². The van der Waals surface area contributed by atoms with Crippen LogP contribution >= 0.6 is 23.1 Å². The standard InChI is InChI=1S/C21H24N2O7S2/c1-5-30-20(26)17-12(2)16(18(25)23-21(27)29-4)19(32-17)22-15(24)10-11-31-14-8-6-13(28-3)7-9-14/h6-9H,5,10-11H2,1-4H3,(H,22,24)(H,23,25,27). The van der Waals surface area contributed by atoms with Gasteiger partial charge in [-0.15, -0.1) is 23.1 Å². The van der Waals surface area contributed by atoms with Crippen molar-refractivity contribution in [3.63, 3.8) is 0 Å². The van der Waals surface area contributed by atoms with Crippen LogP contribution in [0.2, 0.25) is 0 Å². The molecule has 0 atom stereocenters. The molecule has 0 bridgehead atoms. The molecule has 3 amide bonds. The van der Waals surface area contributed by atoms with E-state index in [1.165, 1.54) is 11.8 Å². The molecule has 2 rings (SSSR count). The molecule has 1 heterocycles. The van der Waals surface area contributed by atoms with E-state index in [2.05, 4.69) is 10.1 Å². The number of rotatable bonds is 9. The Morgan fingerprint density at radius 2 is 1.78 bits per heavy atom. The molecular formula is C21H24N2O7S2. The van der Waals surface area contributed by atoms with Crippen molar-refractivity contribution in [2.24, 2.45) is 0 Å². The summed E-state index contributed by atoms with van der Waals surface area (Å²) < 4.78 is 14.6. The van der Waals surface area contributed by atoms with Crippen molar-refractivity contribution in [1.82, 2.24) is 5.32 Å². The van der Waals surface area contributed by atoms with Crippen LogP contribution in [0.1, 0.15) is 38.9 Å². The first kappa shape index (κ1) is 25.2. The van der Waals surface area contributed by atoms with Crippen molar-refractivity contribution in [1.29, 1.82) is 0 Å². The monoisotopic (exact) mass is 480 g/mol. The van der Waals surface area contributed by atoms with E-state index in [4.69, 9.17) is 9.47 Å². The van der Waals surface area contributed by atoms with Crippen LogP contribution in [0.25, 0.3) is 0 Å². The molecule has 2 N–H and O–H groups in total. The molecule has 0 aliphatic carbocycles. The van der Waals surface area contributed by atoms with Gasteiger partial charge in [0, 0.05) is 17.1 Å². The number of amides is 3. The zero-order valence-electron chi connectivity index (χ0n) is 18.1. The quantitative estimate of drug-likeness (QED) is 0.410. The van der Waals surface area contributed by atoms with Crippen LogP contribution in [-0.4, -0.2) is 50.5 Å². The maximum Gasteiger partial charge on any atom is 0.413 e. The lowest BCUT2D eigenvalue weighted by Crippen LogP contribution is -2.31. The number of ether oxygens (including phenoxy) is 3. The molecule has 0 unspecified atom stereocenters. The number of carbonyl (C=O) groups is 4. The molecule has 0 aliphatic heterocycles. The average molecular weight is 481 g/mol. The lowest BCUT2D eigenvalue weighted by molar-refractivity contribution is -0.115. The molecule has 0 saturated carbocycles. The molecule has 9 nitrogen and oxygen atoms in total. The van der Waals surface area contributed by atoms with Gasteiger partial charge in [0.25, 0.3) is 5.91 Å². The summed E-state index contributed by atoms with van der Waals surface area (Å²) in [4.78, 5) is 49.9. The van der Waals surface area contributed by atoms with Gasteiger partial charge in [0.15, 0.2) is 0 Å². The minimum absolute atomic E-state index is 0.0135. The van der Waals surface area contributed by atoms with E-state index in [0.29, 0.717) is 11.3 Å². The lowest BCUT2D eigenvalue weighted by atomic mass is 10.1. The molecular weight excluding hydrogens is 456 g/mol. The van der Waals surface area contributed by atoms with Crippen molar-refractivity contribution in [2.75, 3.05) is 31.9 Å². The number of alkyl carbamates (subject to hydrolysis) is 1. The predicted molar refractivity (Wildman–Crippen MR) is 122 cm³/mol. The van der Waals surface area contributed by atoms with Gasteiger partial charge in [-0.1, -0.05) is 0 Å². The van der Waals surface area contributed by atoms with Gasteiger partial charge in [0.2, 0.25) is 5.91 Å². The number of benzene rings is 1. The Balaban J connectivity index is 2.12. The van der Waals surface area contributed by atoms with E-state index >= 15 is 0 Å². The van der Waals surface area contributed by atoms with Crippen LogP contribution in [0.15, 0.2) is 29.2 Å².